The van der Waals surface area contributed by atoms with Crippen LogP contribution in [0.2, 0.25) is 0 Å². The molecule has 3 heterocycles. The molecule has 3 aromatic carbocycles. The SMILES string of the molecule is COc1ccc(C(OC[C@H]2O[C@@H](n3ccc(=O)[nH]c3=O)[C@H](CCCCCCCNC(=O)CCCCO[C@@H]3O[C@H](COC(C)=O)[C@H](OC(C)=O)[C@H](OC(C)=O)[C@H]3NC(C)=O)[C@@H]2OP(OCCC#N)N(C(C)C)C(C)C)(c2ccccc2)c2ccc(OC)cc2)cc1. The lowest BCUT2D eigenvalue weighted by Crippen LogP contribution is -2.66. The number of carbonyl (C=O) groups excluding carboxylic acids is 5. The van der Waals surface area contributed by atoms with Crippen LogP contribution in [0.1, 0.15) is 143 Å². The normalized spacial score (nSPS) is 21.1. The Labute approximate surface area is 527 Å². The molecule has 1 unspecified atom stereocenters. The number of aromatic amines is 1. The van der Waals surface area contributed by atoms with Gasteiger partial charge < -0.3 is 62.3 Å². The first-order chi connectivity index (χ1) is 43.2. The number of methoxy groups -OCH3 is 2. The number of esters is 3. The molecule has 24 nitrogen and oxygen atoms in total. The van der Waals surface area contributed by atoms with Gasteiger partial charge in [0.1, 0.15) is 54.3 Å². The van der Waals surface area contributed by atoms with Crippen molar-refractivity contribution in [3.8, 4) is 17.6 Å². The van der Waals surface area contributed by atoms with Gasteiger partial charge >= 0.3 is 23.6 Å². The molecule has 2 amide bonds. The van der Waals surface area contributed by atoms with Gasteiger partial charge in [-0.25, -0.2) is 9.46 Å². The summed E-state index contributed by atoms with van der Waals surface area (Å²) in [6, 6.07) is 27.6. The minimum atomic E-state index is -1.84. The summed E-state index contributed by atoms with van der Waals surface area (Å²) in [5.41, 5.74) is -0.0233. The summed E-state index contributed by atoms with van der Waals surface area (Å²) < 4.78 is 71.4. The average Bonchev–Trinajstić information content (AvgIpc) is 1.08. The minimum absolute atomic E-state index is 0.0342. The van der Waals surface area contributed by atoms with E-state index in [1.54, 1.807) is 14.2 Å². The van der Waals surface area contributed by atoms with Gasteiger partial charge in [0, 0.05) is 77.5 Å². The van der Waals surface area contributed by atoms with Crippen molar-refractivity contribution in [3.63, 3.8) is 0 Å². The Bertz CT molecular complexity index is 3010. The van der Waals surface area contributed by atoms with Crippen molar-refractivity contribution in [1.82, 2.24) is 24.9 Å². The van der Waals surface area contributed by atoms with Crippen LogP contribution in [-0.2, 0) is 71.8 Å². The molecule has 6 rings (SSSR count). The van der Waals surface area contributed by atoms with E-state index in [1.807, 2.05) is 78.9 Å². The summed E-state index contributed by atoms with van der Waals surface area (Å²) in [5, 5.41) is 15.3. The lowest BCUT2D eigenvalue weighted by Gasteiger charge is -2.44. The average molecular weight is 1270 g/mol. The van der Waals surface area contributed by atoms with E-state index in [1.165, 1.54) is 30.7 Å². The van der Waals surface area contributed by atoms with Crippen molar-refractivity contribution in [2.24, 2.45) is 5.92 Å². The zero-order valence-corrected chi connectivity index (χ0v) is 54.1. The van der Waals surface area contributed by atoms with E-state index < -0.39 is 104 Å². The quantitative estimate of drug-likeness (QED) is 0.0128. The summed E-state index contributed by atoms with van der Waals surface area (Å²) in [6.45, 7) is 13.2. The lowest BCUT2D eigenvalue weighted by atomic mass is 9.80. The highest BCUT2D eigenvalue weighted by atomic mass is 31.2. The fourth-order valence-corrected chi connectivity index (χ4v) is 13.1. The third-order valence-electron chi connectivity index (χ3n) is 15.3. The molecule has 2 aliphatic heterocycles. The molecule has 3 N–H and O–H groups in total. The topological polar surface area (TPSA) is 293 Å². The molecule has 1 aromatic heterocycles. The number of amides is 2. The lowest BCUT2D eigenvalue weighted by molar-refractivity contribution is -0.277. The number of hydrogen-bond acceptors (Lipinski definition) is 20. The largest absolute Gasteiger partial charge is 0.497 e. The maximum atomic E-state index is 13.9. The Morgan fingerprint density at radius 1 is 0.711 bits per heavy atom. The maximum absolute atomic E-state index is 13.9. The van der Waals surface area contributed by atoms with Gasteiger partial charge in [-0.15, -0.1) is 0 Å². The molecular formula is C65H89N6O18P. The van der Waals surface area contributed by atoms with E-state index in [2.05, 4.69) is 54.1 Å². The van der Waals surface area contributed by atoms with Gasteiger partial charge in [-0.3, -0.25) is 38.3 Å². The zero-order chi connectivity index (χ0) is 65.3. The van der Waals surface area contributed by atoms with Crippen LogP contribution in [0.3, 0.4) is 0 Å². The van der Waals surface area contributed by atoms with Gasteiger partial charge in [0.15, 0.2) is 18.5 Å². The Balaban J connectivity index is 1.15. The standard InChI is InChI=1S/C65H89N6O18P/c1-42(2)71(43(3)4)90(84-39-21-35-66)89-59-53(24-17-12-11-13-19-36-67-56(76)25-18-20-38-81-63-58(68-44(5)72)61(86-47(8)75)60(85-46(7)74)54(88-63)40-82-45(6)73)62(70-37-34-57(77)69-64(70)78)87-55(59)41-83-65(48-22-15-14-16-23-48,49-26-30-51(79-9)31-27-49)50-28-32-52(80-10)33-29-50/h14-16,22-23,26-34,37,42-43,53-55,58-63H,11-13,17-21,24-25,36,38-41H2,1-10H3,(H,67,76)(H,68,72)(H,69,77,78)/t53-,54-,55-,58-,59+,60+,61-,62-,63-,90?/m1/s1. The first kappa shape index (κ1) is 72.0. The van der Waals surface area contributed by atoms with Crippen LogP contribution in [0.5, 0.6) is 11.5 Å². The Morgan fingerprint density at radius 3 is 1.89 bits per heavy atom. The van der Waals surface area contributed by atoms with E-state index in [-0.39, 0.29) is 57.3 Å². The van der Waals surface area contributed by atoms with Crippen LogP contribution in [0, 0.1) is 17.2 Å². The third kappa shape index (κ3) is 20.5. The van der Waals surface area contributed by atoms with Crippen molar-refractivity contribution in [2.45, 2.75) is 186 Å². The molecule has 0 saturated carbocycles. The predicted octanol–water partition coefficient (Wildman–Crippen LogP) is 8.04. The van der Waals surface area contributed by atoms with Crippen molar-refractivity contribution < 1.29 is 75.7 Å². The molecule has 90 heavy (non-hydrogen) atoms. The Kier molecular flexibility index (Phi) is 28.9. The molecule has 2 saturated heterocycles. The number of nitrogens with zero attached hydrogens (tertiary/aromatic N) is 3. The maximum Gasteiger partial charge on any atom is 0.330 e. The second-order valence-electron chi connectivity index (χ2n) is 22.6. The van der Waals surface area contributed by atoms with E-state index >= 15 is 0 Å². The van der Waals surface area contributed by atoms with Gasteiger partial charge in [0.05, 0.1) is 39.9 Å². The van der Waals surface area contributed by atoms with E-state index in [9.17, 15) is 38.8 Å². The summed E-state index contributed by atoms with van der Waals surface area (Å²) in [4.78, 5) is 90.3. The first-order valence-corrected chi connectivity index (χ1v) is 31.8. The number of aromatic nitrogens is 2. The number of nitrogens with one attached hydrogen (secondary N) is 3. The van der Waals surface area contributed by atoms with E-state index in [4.69, 9.17) is 51.7 Å². The van der Waals surface area contributed by atoms with Crippen LogP contribution in [0.15, 0.2) is 101 Å². The molecule has 0 aliphatic carbocycles. The first-order valence-electron chi connectivity index (χ1n) is 30.7. The number of hydrogen-bond donors (Lipinski definition) is 3. The number of unbranched alkanes of at least 4 members (excludes halogenated alkanes) is 5. The summed E-state index contributed by atoms with van der Waals surface area (Å²) in [5.74, 6) is -1.88. The van der Waals surface area contributed by atoms with Crippen LogP contribution in [0.4, 0.5) is 0 Å². The number of H-pyrrole nitrogens is 1. The number of benzene rings is 3. The molecule has 4 aromatic rings. The fraction of sp³-hybridized carbons (Fsp3) is 0.569. The van der Waals surface area contributed by atoms with Gasteiger partial charge in [0.2, 0.25) is 11.8 Å². The van der Waals surface area contributed by atoms with Crippen molar-refractivity contribution in [1.29, 1.82) is 5.26 Å². The zero-order valence-electron chi connectivity index (χ0n) is 53.3. The second kappa shape index (κ2) is 36.1. The third-order valence-corrected chi connectivity index (χ3v) is 17.4. The van der Waals surface area contributed by atoms with Crippen molar-refractivity contribution in [3.05, 3.63) is 129 Å². The summed E-state index contributed by atoms with van der Waals surface area (Å²) in [7, 11) is 1.38. The molecule has 25 heteroatoms. The monoisotopic (exact) mass is 1270 g/mol. The van der Waals surface area contributed by atoms with Crippen LogP contribution in [-0.4, -0.2) is 146 Å². The van der Waals surface area contributed by atoms with Gasteiger partial charge in [-0.1, -0.05) is 80.3 Å². The van der Waals surface area contributed by atoms with E-state index in [0.717, 1.165) is 49.8 Å². The summed E-state index contributed by atoms with van der Waals surface area (Å²) in [6.07, 6.45) is -0.302. The Hall–Kier alpha value is -7.07. The number of carbonyl (C=O) groups is 5. The molecule has 2 fully saturated rings. The number of rotatable bonds is 36. The molecule has 0 spiro atoms. The molecule has 0 radical (unpaired) electrons. The van der Waals surface area contributed by atoms with Gasteiger partial charge in [-0.2, -0.15) is 5.26 Å². The molecular weight excluding hydrogens is 1180 g/mol. The predicted molar refractivity (Wildman–Crippen MR) is 332 cm³/mol. The number of nitriles is 1. The van der Waals surface area contributed by atoms with Crippen molar-refractivity contribution in [2.75, 3.05) is 47.2 Å². The fourth-order valence-electron chi connectivity index (χ4n) is 11.3. The molecule has 2 aliphatic rings. The smallest absolute Gasteiger partial charge is 0.330 e. The van der Waals surface area contributed by atoms with Crippen LogP contribution >= 0.6 is 8.53 Å². The van der Waals surface area contributed by atoms with Crippen LogP contribution in [0.25, 0.3) is 0 Å². The second-order valence-corrected chi connectivity index (χ2v) is 24.0. The summed E-state index contributed by atoms with van der Waals surface area (Å²) >= 11 is 0. The number of ether oxygens (including phenoxy) is 9. The molecule has 0 bridgehead atoms. The van der Waals surface area contributed by atoms with Gasteiger partial charge in [-0.05, 0) is 94.3 Å². The molecule has 10 atom stereocenters. The highest BCUT2D eigenvalue weighted by molar-refractivity contribution is 7.44. The minimum Gasteiger partial charge on any atom is -0.497 e. The van der Waals surface area contributed by atoms with Crippen molar-refractivity contribution >= 4 is 38.2 Å². The highest BCUT2D eigenvalue weighted by Crippen LogP contribution is 2.53. The van der Waals surface area contributed by atoms with E-state index in [0.29, 0.717) is 50.1 Å². The Morgan fingerprint density at radius 2 is 1.31 bits per heavy atom. The van der Waals surface area contributed by atoms with Gasteiger partial charge in [0.25, 0.3) is 14.1 Å². The van der Waals surface area contributed by atoms with Crippen LogP contribution < -0.4 is 31.4 Å². The highest BCUT2D eigenvalue weighted by Gasteiger charge is 2.53. The molecule has 492 valence electrons.